The number of nitrogens with zero attached hydrogens (tertiary/aromatic N) is 3. The predicted octanol–water partition coefficient (Wildman–Crippen LogP) is 1.15. The largest absolute Gasteiger partial charge is 0.481 e. The Bertz CT molecular complexity index is 558. The van der Waals surface area contributed by atoms with Gasteiger partial charge in [-0.25, -0.2) is 0 Å². The van der Waals surface area contributed by atoms with Gasteiger partial charge in [-0.05, 0) is 33.2 Å². The maximum absolute atomic E-state index is 11.4. The van der Waals surface area contributed by atoms with E-state index in [9.17, 15) is 9.90 Å². The molecule has 1 N–H and O–H groups in total. The van der Waals surface area contributed by atoms with Crippen molar-refractivity contribution >= 4 is 5.97 Å². The van der Waals surface area contributed by atoms with E-state index in [0.717, 1.165) is 0 Å². The van der Waals surface area contributed by atoms with Crippen LogP contribution in [0.2, 0.25) is 0 Å². The topological polar surface area (TPSA) is 132 Å². The van der Waals surface area contributed by atoms with Crippen LogP contribution in [-0.2, 0) is 28.5 Å². The number of fused-ring (bicyclic) bond motifs is 3. The number of rotatable bonds is 3. The molecule has 0 aromatic heterocycles. The maximum Gasteiger partial charge on any atom is 0.315 e. The molecule has 3 saturated heterocycles. The Morgan fingerprint density at radius 2 is 1.65 bits per heavy atom. The summed E-state index contributed by atoms with van der Waals surface area (Å²) in [4.78, 5) is 14.0. The van der Waals surface area contributed by atoms with Gasteiger partial charge in [0.1, 0.15) is 24.4 Å². The fourth-order valence-corrected chi connectivity index (χ4v) is 3.21. The second-order valence-corrected chi connectivity index (χ2v) is 6.62. The fourth-order valence-electron chi connectivity index (χ4n) is 3.21. The van der Waals surface area contributed by atoms with E-state index >= 15 is 0 Å². The number of hydrogen-bond donors (Lipinski definition) is 1. The molecule has 3 rings (SSSR count). The van der Waals surface area contributed by atoms with Gasteiger partial charge in [0.25, 0.3) is 0 Å². The Morgan fingerprint density at radius 3 is 2.26 bits per heavy atom. The fraction of sp³-hybridized carbons (Fsp3) is 0.923. The maximum atomic E-state index is 11.4. The highest BCUT2D eigenvalue weighted by atomic mass is 16.9. The number of ether oxygens (including phenoxy) is 5. The monoisotopic (exact) mass is 329 g/mol. The van der Waals surface area contributed by atoms with E-state index in [-0.39, 0.29) is 0 Å². The predicted molar refractivity (Wildman–Crippen MR) is 73.1 cm³/mol. The molecule has 0 spiro atoms. The summed E-state index contributed by atoms with van der Waals surface area (Å²) >= 11 is 0. The highest BCUT2D eigenvalue weighted by Gasteiger charge is 2.62. The highest BCUT2D eigenvalue weighted by Crippen LogP contribution is 2.45. The van der Waals surface area contributed by atoms with Crippen molar-refractivity contribution in [2.45, 2.75) is 76.0 Å². The Balaban J connectivity index is 1.95. The summed E-state index contributed by atoms with van der Waals surface area (Å²) in [6, 6.07) is -1.46. The number of hydrogen-bond acceptors (Lipinski definition) is 7. The lowest BCUT2D eigenvalue weighted by molar-refractivity contribution is -0.238. The molecule has 0 aromatic carbocycles. The second-order valence-electron chi connectivity index (χ2n) is 6.62. The minimum atomic E-state index is -1.46. The van der Waals surface area contributed by atoms with Crippen molar-refractivity contribution in [1.82, 2.24) is 0 Å². The number of aliphatic carboxylic acids is 1. The van der Waals surface area contributed by atoms with Crippen molar-refractivity contribution in [3.63, 3.8) is 0 Å². The SMILES string of the molecule is CC1(C)O[C@@H]2[C@H](O1)[C@H]1OC(C)(C)O[C@H]1O[C@@H]2[C@@H](N=[N+]=[N-])C(=O)O. The van der Waals surface area contributed by atoms with E-state index in [4.69, 9.17) is 29.2 Å². The van der Waals surface area contributed by atoms with Gasteiger partial charge in [-0.1, -0.05) is 5.11 Å². The highest BCUT2D eigenvalue weighted by molar-refractivity contribution is 5.74. The van der Waals surface area contributed by atoms with Gasteiger partial charge in [-0.2, -0.15) is 0 Å². The first-order valence-corrected chi connectivity index (χ1v) is 7.27. The summed E-state index contributed by atoms with van der Waals surface area (Å²) < 4.78 is 28.8. The minimum Gasteiger partial charge on any atom is -0.481 e. The molecule has 3 aliphatic heterocycles. The molecular weight excluding hydrogens is 310 g/mol. The Hall–Kier alpha value is -1.42. The Morgan fingerprint density at radius 1 is 1.09 bits per heavy atom. The van der Waals surface area contributed by atoms with Gasteiger partial charge < -0.3 is 28.8 Å². The van der Waals surface area contributed by atoms with Crippen molar-refractivity contribution < 1.29 is 33.6 Å². The van der Waals surface area contributed by atoms with Gasteiger partial charge in [0.05, 0.1) is 0 Å². The molecule has 3 fully saturated rings. The molecule has 0 unspecified atom stereocenters. The van der Waals surface area contributed by atoms with Crippen LogP contribution in [0.15, 0.2) is 5.11 Å². The first kappa shape index (κ1) is 16.4. The van der Waals surface area contributed by atoms with Gasteiger partial charge in [-0.15, -0.1) is 0 Å². The smallest absolute Gasteiger partial charge is 0.315 e. The van der Waals surface area contributed by atoms with Crippen LogP contribution < -0.4 is 0 Å². The molecule has 3 aliphatic rings. The number of azide groups is 1. The summed E-state index contributed by atoms with van der Waals surface area (Å²) in [5, 5.41) is 12.7. The van der Waals surface area contributed by atoms with Crippen molar-refractivity contribution in [2.75, 3.05) is 0 Å². The summed E-state index contributed by atoms with van der Waals surface area (Å²) in [5.74, 6) is -3.15. The average Bonchev–Trinajstić information content (AvgIpc) is 2.89. The third-order valence-electron chi connectivity index (χ3n) is 3.93. The van der Waals surface area contributed by atoms with Gasteiger partial charge in [0, 0.05) is 4.91 Å². The number of carbonyl (C=O) groups is 1. The van der Waals surface area contributed by atoms with E-state index in [2.05, 4.69) is 10.0 Å². The molecule has 0 amide bonds. The molecule has 0 radical (unpaired) electrons. The number of carboxylic acid groups (broad SMARTS) is 1. The summed E-state index contributed by atoms with van der Waals surface area (Å²) in [6.45, 7) is 6.87. The standard InChI is InChI=1S/C13H19N3O7/c1-12(2)20-7-6(5(10(17)18)15-16-14)19-11-9(8(7)21-12)22-13(3,4)23-11/h5-9,11H,1-4H3,(H,17,18)/t5-,6-,7+,8+,9-,11-/m1/s1. The summed E-state index contributed by atoms with van der Waals surface area (Å²) in [7, 11) is 0. The van der Waals surface area contributed by atoms with Crippen molar-refractivity contribution in [1.29, 1.82) is 0 Å². The molecule has 0 bridgehead atoms. The molecule has 0 aliphatic carbocycles. The zero-order valence-electron chi connectivity index (χ0n) is 13.2. The quantitative estimate of drug-likeness (QED) is 0.466. The van der Waals surface area contributed by atoms with Crippen LogP contribution in [0.3, 0.4) is 0 Å². The third kappa shape index (κ3) is 2.89. The molecule has 10 heteroatoms. The van der Waals surface area contributed by atoms with E-state index in [0.29, 0.717) is 0 Å². The van der Waals surface area contributed by atoms with Crippen LogP contribution in [0.1, 0.15) is 27.7 Å². The van der Waals surface area contributed by atoms with Gasteiger partial charge >= 0.3 is 5.97 Å². The first-order chi connectivity index (χ1) is 10.6. The third-order valence-corrected chi connectivity index (χ3v) is 3.93. The van der Waals surface area contributed by atoms with E-state index in [1.54, 1.807) is 27.7 Å². The molecule has 10 nitrogen and oxygen atoms in total. The van der Waals surface area contributed by atoms with E-state index in [1.165, 1.54) is 0 Å². The zero-order valence-corrected chi connectivity index (χ0v) is 13.2. The average molecular weight is 329 g/mol. The Kier molecular flexibility index (Phi) is 3.79. The second kappa shape index (κ2) is 5.30. The van der Waals surface area contributed by atoms with Crippen LogP contribution in [0.25, 0.3) is 10.4 Å². The molecule has 0 aromatic rings. The van der Waals surface area contributed by atoms with Crippen LogP contribution >= 0.6 is 0 Å². The van der Waals surface area contributed by atoms with Crippen LogP contribution in [-0.4, -0.2) is 59.4 Å². The Labute approximate surface area is 132 Å². The van der Waals surface area contributed by atoms with E-state index < -0.39 is 54.3 Å². The van der Waals surface area contributed by atoms with Crippen molar-refractivity contribution in [2.24, 2.45) is 5.11 Å². The van der Waals surface area contributed by atoms with Crippen LogP contribution in [0.5, 0.6) is 0 Å². The molecule has 128 valence electrons. The van der Waals surface area contributed by atoms with E-state index in [1.807, 2.05) is 0 Å². The van der Waals surface area contributed by atoms with Gasteiger partial charge in [0.15, 0.2) is 23.9 Å². The summed E-state index contributed by atoms with van der Waals surface area (Å²) in [6.07, 6.45) is -3.78. The van der Waals surface area contributed by atoms with Crippen molar-refractivity contribution in [3.05, 3.63) is 10.4 Å². The molecule has 3 heterocycles. The molecular formula is C13H19N3O7. The normalized spacial score (nSPS) is 41.5. The zero-order chi connectivity index (χ0) is 17.0. The summed E-state index contributed by atoms with van der Waals surface area (Å²) in [5.41, 5.74) is 8.64. The minimum absolute atomic E-state index is 0.562. The lowest BCUT2D eigenvalue weighted by Gasteiger charge is -2.38. The van der Waals surface area contributed by atoms with Crippen LogP contribution in [0.4, 0.5) is 0 Å². The number of carboxylic acids is 1. The van der Waals surface area contributed by atoms with Crippen LogP contribution in [0, 0.1) is 0 Å². The molecule has 6 atom stereocenters. The lowest BCUT2D eigenvalue weighted by Crippen LogP contribution is -2.59. The van der Waals surface area contributed by atoms with Crippen molar-refractivity contribution in [3.8, 4) is 0 Å². The van der Waals surface area contributed by atoms with Gasteiger partial charge in [-0.3, -0.25) is 4.79 Å². The first-order valence-electron chi connectivity index (χ1n) is 7.27. The molecule has 23 heavy (non-hydrogen) atoms. The van der Waals surface area contributed by atoms with Gasteiger partial charge in [0.2, 0.25) is 0 Å². The lowest BCUT2D eigenvalue weighted by atomic mass is 9.94. The molecule has 0 saturated carbocycles.